The van der Waals surface area contributed by atoms with Crippen LogP contribution in [0.4, 0.5) is 0 Å². The number of rotatable bonds is 2. The van der Waals surface area contributed by atoms with E-state index in [9.17, 15) is 0 Å². The zero-order valence-electron chi connectivity index (χ0n) is 17.1. The van der Waals surface area contributed by atoms with Gasteiger partial charge in [-0.05, 0) is 52.9 Å². The first-order valence-electron chi connectivity index (χ1n) is 10.6. The van der Waals surface area contributed by atoms with Crippen LogP contribution in [0, 0.1) is 0 Å². The van der Waals surface area contributed by atoms with Crippen molar-refractivity contribution in [3.63, 3.8) is 0 Å². The average molecular weight is 428 g/mol. The first-order valence-corrected chi connectivity index (χ1v) is 11.5. The van der Waals surface area contributed by atoms with Crippen LogP contribution in [-0.4, -0.2) is 4.98 Å². The van der Waals surface area contributed by atoms with E-state index in [1.165, 1.54) is 31.3 Å². The van der Waals surface area contributed by atoms with Crippen LogP contribution < -0.4 is 0 Å². The summed E-state index contributed by atoms with van der Waals surface area (Å²) in [5.74, 6) is 0.659. The molecule has 7 rings (SSSR count). The largest absolute Gasteiger partial charge is 0.435 e. The van der Waals surface area contributed by atoms with E-state index in [1.54, 1.807) is 0 Å². The molecule has 7 aromatic rings. The Balaban J connectivity index is 1.42. The maximum Gasteiger partial charge on any atom is 0.227 e. The van der Waals surface area contributed by atoms with Crippen LogP contribution in [-0.2, 0) is 0 Å². The van der Waals surface area contributed by atoms with Gasteiger partial charge in [-0.1, -0.05) is 66.7 Å². The van der Waals surface area contributed by atoms with Gasteiger partial charge in [0.2, 0.25) is 5.89 Å². The summed E-state index contributed by atoms with van der Waals surface area (Å²) in [7, 11) is 0. The quantitative estimate of drug-likeness (QED) is 0.276. The van der Waals surface area contributed by atoms with Crippen LogP contribution in [0.2, 0.25) is 0 Å². The van der Waals surface area contributed by atoms with E-state index in [0.29, 0.717) is 5.89 Å². The van der Waals surface area contributed by atoms with Crippen molar-refractivity contribution in [2.45, 2.75) is 0 Å². The van der Waals surface area contributed by atoms with Crippen molar-refractivity contribution in [1.82, 2.24) is 4.98 Å². The van der Waals surface area contributed by atoms with Crippen molar-refractivity contribution >= 4 is 53.4 Å². The van der Waals surface area contributed by atoms with Gasteiger partial charge in [-0.3, -0.25) is 0 Å². The van der Waals surface area contributed by atoms with Crippen molar-refractivity contribution < 1.29 is 4.42 Å². The first kappa shape index (κ1) is 17.7. The lowest BCUT2D eigenvalue weighted by molar-refractivity contribution is 0.623. The maximum atomic E-state index is 6.21. The number of fused-ring (bicyclic) bond motifs is 6. The molecule has 0 unspecified atom stereocenters. The van der Waals surface area contributed by atoms with Crippen molar-refractivity contribution in [2.75, 3.05) is 0 Å². The predicted molar refractivity (Wildman–Crippen MR) is 135 cm³/mol. The number of aromatic nitrogens is 1. The van der Waals surface area contributed by atoms with Gasteiger partial charge in [-0.2, -0.15) is 0 Å². The molecule has 2 aromatic heterocycles. The number of hydrogen-bond donors (Lipinski definition) is 0. The predicted octanol–water partition coefficient (Wildman–Crippen LogP) is 8.68. The summed E-state index contributed by atoms with van der Waals surface area (Å²) in [4.78, 5) is 4.71. The molecule has 0 aliphatic carbocycles. The van der Waals surface area contributed by atoms with Crippen molar-refractivity contribution in [3.05, 3.63) is 103 Å². The fraction of sp³-hybridized carbons (Fsp3) is 0. The van der Waals surface area contributed by atoms with E-state index in [-0.39, 0.29) is 0 Å². The Morgan fingerprint density at radius 1 is 0.625 bits per heavy atom. The monoisotopic (exact) mass is 427 g/mol. The second-order valence-corrected chi connectivity index (χ2v) is 9.07. The topological polar surface area (TPSA) is 26.0 Å². The highest BCUT2D eigenvalue weighted by Gasteiger charge is 2.13. The molecule has 3 heteroatoms. The molecule has 0 amide bonds. The van der Waals surface area contributed by atoms with Crippen LogP contribution in [0.3, 0.4) is 0 Å². The number of hydrogen-bond acceptors (Lipinski definition) is 3. The highest BCUT2D eigenvalue weighted by molar-refractivity contribution is 7.26. The summed E-state index contributed by atoms with van der Waals surface area (Å²) in [6.07, 6.45) is 0. The van der Waals surface area contributed by atoms with Gasteiger partial charge in [0.1, 0.15) is 5.52 Å². The number of nitrogens with zero attached hydrogens (tertiary/aromatic N) is 1. The molecule has 0 radical (unpaired) electrons. The fourth-order valence-electron chi connectivity index (χ4n) is 4.56. The molecule has 0 saturated heterocycles. The van der Waals surface area contributed by atoms with Gasteiger partial charge < -0.3 is 4.42 Å². The number of benzene rings is 5. The van der Waals surface area contributed by atoms with Gasteiger partial charge in [0.25, 0.3) is 0 Å². The molecule has 2 nitrogen and oxygen atoms in total. The smallest absolute Gasteiger partial charge is 0.227 e. The Morgan fingerprint density at radius 2 is 1.47 bits per heavy atom. The molecule has 0 aliphatic rings. The Labute approximate surface area is 188 Å². The van der Waals surface area contributed by atoms with E-state index in [1.807, 2.05) is 41.7 Å². The Kier molecular flexibility index (Phi) is 3.75. The SMILES string of the molecule is c1ccc(-c2nc3ccc4cc(-c5cccc6c5sc5ccccc56)ccc4c3o2)cc1. The minimum absolute atomic E-state index is 0.659. The molecule has 5 aromatic carbocycles. The van der Waals surface area contributed by atoms with Crippen LogP contribution in [0.15, 0.2) is 108 Å². The lowest BCUT2D eigenvalue weighted by Crippen LogP contribution is -1.81. The molecular weight excluding hydrogens is 410 g/mol. The molecule has 0 fully saturated rings. The van der Waals surface area contributed by atoms with Crippen molar-refractivity contribution in [1.29, 1.82) is 0 Å². The van der Waals surface area contributed by atoms with E-state index in [0.717, 1.165) is 27.4 Å². The second kappa shape index (κ2) is 6.78. The van der Waals surface area contributed by atoms with Crippen LogP contribution in [0.25, 0.3) is 64.6 Å². The third-order valence-corrected chi connectivity index (χ3v) is 7.33. The lowest BCUT2D eigenvalue weighted by Gasteiger charge is -2.06. The van der Waals surface area contributed by atoms with Gasteiger partial charge in [-0.25, -0.2) is 4.98 Å². The maximum absolute atomic E-state index is 6.21. The lowest BCUT2D eigenvalue weighted by atomic mass is 9.99. The van der Waals surface area contributed by atoms with E-state index < -0.39 is 0 Å². The summed E-state index contributed by atoms with van der Waals surface area (Å²) in [5, 5.41) is 4.89. The summed E-state index contributed by atoms with van der Waals surface area (Å²) in [5.41, 5.74) is 5.21. The third-order valence-electron chi connectivity index (χ3n) is 6.11. The van der Waals surface area contributed by atoms with E-state index in [2.05, 4.69) is 72.8 Å². The number of oxazole rings is 1. The molecule has 0 atom stereocenters. The Bertz CT molecular complexity index is 1780. The fourth-order valence-corrected chi connectivity index (χ4v) is 5.80. The Hall–Kier alpha value is -3.95. The molecule has 150 valence electrons. The summed E-state index contributed by atoms with van der Waals surface area (Å²) < 4.78 is 8.87. The molecule has 0 bridgehead atoms. The van der Waals surface area contributed by atoms with Gasteiger partial charge in [0.15, 0.2) is 5.58 Å². The molecule has 0 aliphatic heterocycles. The highest BCUT2D eigenvalue weighted by Crippen LogP contribution is 2.41. The van der Waals surface area contributed by atoms with Crippen molar-refractivity contribution in [2.24, 2.45) is 0 Å². The van der Waals surface area contributed by atoms with Gasteiger partial charge in [0, 0.05) is 31.1 Å². The molecule has 2 heterocycles. The van der Waals surface area contributed by atoms with Gasteiger partial charge in [0.05, 0.1) is 0 Å². The first-order chi connectivity index (χ1) is 15.8. The van der Waals surface area contributed by atoms with E-state index in [4.69, 9.17) is 9.40 Å². The van der Waals surface area contributed by atoms with Crippen LogP contribution in [0.5, 0.6) is 0 Å². The summed E-state index contributed by atoms with van der Waals surface area (Å²) >= 11 is 1.86. The highest BCUT2D eigenvalue weighted by atomic mass is 32.1. The van der Waals surface area contributed by atoms with Gasteiger partial charge in [-0.15, -0.1) is 11.3 Å². The molecule has 0 saturated carbocycles. The normalized spacial score (nSPS) is 11.8. The summed E-state index contributed by atoms with van der Waals surface area (Å²) in [6.45, 7) is 0. The van der Waals surface area contributed by atoms with Crippen molar-refractivity contribution in [3.8, 4) is 22.6 Å². The van der Waals surface area contributed by atoms with E-state index >= 15 is 0 Å². The molecule has 32 heavy (non-hydrogen) atoms. The minimum atomic E-state index is 0.659. The second-order valence-electron chi connectivity index (χ2n) is 8.02. The average Bonchev–Trinajstić information content (AvgIpc) is 3.46. The van der Waals surface area contributed by atoms with Gasteiger partial charge >= 0.3 is 0 Å². The molecule has 0 N–H and O–H groups in total. The zero-order chi connectivity index (χ0) is 21.1. The van der Waals surface area contributed by atoms with Crippen LogP contribution >= 0.6 is 11.3 Å². The number of thiophene rings is 1. The zero-order valence-corrected chi connectivity index (χ0v) is 17.9. The van der Waals surface area contributed by atoms with Crippen LogP contribution in [0.1, 0.15) is 0 Å². The standard InChI is InChI=1S/C29H17NOS/c1-2-7-18(8-3-1)29-30-25-16-14-19-17-20(13-15-21(19)27(25)31-29)22-10-6-11-24-23-9-4-5-12-26(23)32-28(22)24/h1-17H. The molecule has 0 spiro atoms. The summed E-state index contributed by atoms with van der Waals surface area (Å²) in [6, 6.07) is 36.1. The third kappa shape index (κ3) is 2.62. The Morgan fingerprint density at radius 3 is 2.41 bits per heavy atom. The molecular formula is C29H17NOS. The minimum Gasteiger partial charge on any atom is -0.435 e.